The van der Waals surface area contributed by atoms with Crippen molar-refractivity contribution in [2.75, 3.05) is 0 Å². The average molecular weight is 276 g/mol. The number of carboxylic acids is 1. The summed E-state index contributed by atoms with van der Waals surface area (Å²) >= 11 is 1.67. The molecule has 1 fully saturated rings. The molecule has 2 atom stereocenters. The number of nitrogens with one attached hydrogen (secondary N) is 2. The van der Waals surface area contributed by atoms with E-state index >= 15 is 0 Å². The molecule has 1 aliphatic heterocycles. The number of rotatable bonds is 2. The van der Waals surface area contributed by atoms with E-state index in [1.54, 1.807) is 11.8 Å². The van der Waals surface area contributed by atoms with Crippen LogP contribution in [0.3, 0.4) is 0 Å². The Labute approximate surface area is 115 Å². The summed E-state index contributed by atoms with van der Waals surface area (Å²) in [6.07, 6.45) is 1.91. The molecule has 100 valence electrons. The van der Waals surface area contributed by atoms with E-state index in [4.69, 9.17) is 0 Å². The van der Waals surface area contributed by atoms with Crippen LogP contribution in [0.2, 0.25) is 0 Å². The summed E-state index contributed by atoms with van der Waals surface area (Å²) in [4.78, 5) is 14.5. The fourth-order valence-corrected chi connectivity index (χ4v) is 4.07. The number of benzene rings is 1. The molecular formula is C14H16N2O2S. The molecule has 3 rings (SSSR count). The van der Waals surface area contributed by atoms with Crippen LogP contribution in [0, 0.1) is 0 Å². The maximum atomic E-state index is 11.3. The molecule has 0 saturated carbocycles. The highest BCUT2D eigenvalue weighted by molar-refractivity contribution is 8.01. The minimum atomic E-state index is -0.791. The normalized spacial score (nSPS) is 25.8. The first-order valence-corrected chi connectivity index (χ1v) is 7.10. The second-order valence-electron chi connectivity index (χ2n) is 5.33. The molecule has 1 aromatic heterocycles. The molecule has 4 nitrogen and oxygen atoms in total. The number of hydrogen-bond donors (Lipinski definition) is 3. The second kappa shape index (κ2) is 4.28. The Hall–Kier alpha value is -1.46. The number of aromatic nitrogens is 1. The van der Waals surface area contributed by atoms with Gasteiger partial charge in [-0.05, 0) is 31.5 Å². The van der Waals surface area contributed by atoms with Crippen molar-refractivity contribution >= 4 is 28.6 Å². The van der Waals surface area contributed by atoms with Crippen molar-refractivity contribution in [2.24, 2.45) is 0 Å². The van der Waals surface area contributed by atoms with Crippen molar-refractivity contribution in [2.45, 2.75) is 30.0 Å². The largest absolute Gasteiger partial charge is 0.480 e. The summed E-state index contributed by atoms with van der Waals surface area (Å²) in [6.45, 7) is 3.95. The Balaban J connectivity index is 2.00. The van der Waals surface area contributed by atoms with E-state index in [2.05, 4.69) is 16.4 Å². The maximum Gasteiger partial charge on any atom is 0.322 e. The van der Waals surface area contributed by atoms with Crippen LogP contribution in [0.4, 0.5) is 0 Å². The molecule has 0 radical (unpaired) electrons. The lowest BCUT2D eigenvalue weighted by Crippen LogP contribution is -2.43. The van der Waals surface area contributed by atoms with Crippen LogP contribution >= 0.6 is 11.8 Å². The third-order valence-electron chi connectivity index (χ3n) is 3.59. The van der Waals surface area contributed by atoms with Gasteiger partial charge in [-0.2, -0.15) is 0 Å². The van der Waals surface area contributed by atoms with Gasteiger partial charge in [0.25, 0.3) is 0 Å². The zero-order valence-electron chi connectivity index (χ0n) is 10.8. The Morgan fingerprint density at radius 1 is 1.37 bits per heavy atom. The first kappa shape index (κ1) is 12.6. The van der Waals surface area contributed by atoms with Crippen LogP contribution in [0.15, 0.2) is 30.5 Å². The molecule has 0 bridgehead atoms. The molecule has 1 saturated heterocycles. The molecule has 0 aliphatic carbocycles. The number of fused-ring (bicyclic) bond motifs is 1. The van der Waals surface area contributed by atoms with Gasteiger partial charge in [0.1, 0.15) is 6.04 Å². The van der Waals surface area contributed by atoms with E-state index in [-0.39, 0.29) is 10.1 Å². The van der Waals surface area contributed by atoms with E-state index in [1.165, 1.54) is 0 Å². The van der Waals surface area contributed by atoms with Gasteiger partial charge in [0.2, 0.25) is 0 Å². The third kappa shape index (κ3) is 2.03. The number of carbonyl (C=O) groups is 1. The summed E-state index contributed by atoms with van der Waals surface area (Å²) in [5.41, 5.74) is 2.22. The third-order valence-corrected chi connectivity index (χ3v) is 5.06. The molecule has 1 aromatic carbocycles. The van der Waals surface area contributed by atoms with E-state index in [1.807, 2.05) is 38.2 Å². The first-order chi connectivity index (χ1) is 8.99. The Morgan fingerprint density at radius 3 is 2.84 bits per heavy atom. The lowest BCUT2D eigenvalue weighted by Gasteiger charge is -2.20. The smallest absolute Gasteiger partial charge is 0.322 e. The molecule has 0 unspecified atom stereocenters. The van der Waals surface area contributed by atoms with E-state index in [0.29, 0.717) is 0 Å². The van der Waals surface area contributed by atoms with Gasteiger partial charge in [-0.25, -0.2) is 0 Å². The predicted octanol–water partition coefficient (Wildman–Crippen LogP) is 2.73. The lowest BCUT2D eigenvalue weighted by molar-refractivity contribution is -0.139. The van der Waals surface area contributed by atoms with Crippen LogP contribution in [-0.4, -0.2) is 26.8 Å². The Morgan fingerprint density at radius 2 is 2.16 bits per heavy atom. The first-order valence-electron chi connectivity index (χ1n) is 6.22. The average Bonchev–Trinajstić information content (AvgIpc) is 2.91. The van der Waals surface area contributed by atoms with Crippen molar-refractivity contribution in [3.8, 4) is 0 Å². The molecule has 5 heteroatoms. The number of carboxylic acid groups (broad SMARTS) is 1. The van der Waals surface area contributed by atoms with Gasteiger partial charge in [0.15, 0.2) is 0 Å². The summed E-state index contributed by atoms with van der Waals surface area (Å²) in [5.74, 6) is -0.791. The zero-order valence-corrected chi connectivity index (χ0v) is 11.6. The predicted molar refractivity (Wildman–Crippen MR) is 77.3 cm³/mol. The lowest BCUT2D eigenvalue weighted by atomic mass is 10.0. The summed E-state index contributed by atoms with van der Waals surface area (Å²) in [5, 5.41) is 13.7. The molecule has 0 amide bonds. The van der Waals surface area contributed by atoms with Gasteiger partial charge in [-0.15, -0.1) is 11.8 Å². The monoisotopic (exact) mass is 276 g/mol. The Bertz CT molecular complexity index is 635. The molecule has 1 aliphatic rings. The SMILES string of the molecule is CC1(C)S[C@@H](c2cccc3[nH]ccc23)N[C@H]1C(=O)O. The Kier molecular flexibility index (Phi) is 2.83. The van der Waals surface area contributed by atoms with Crippen LogP contribution in [0.25, 0.3) is 10.9 Å². The van der Waals surface area contributed by atoms with Gasteiger partial charge in [0, 0.05) is 21.8 Å². The number of H-pyrrole nitrogens is 1. The molecular weight excluding hydrogens is 260 g/mol. The van der Waals surface area contributed by atoms with Gasteiger partial charge in [-0.1, -0.05) is 12.1 Å². The van der Waals surface area contributed by atoms with Gasteiger partial charge in [0.05, 0.1) is 5.37 Å². The fourth-order valence-electron chi connectivity index (χ4n) is 2.62. The zero-order chi connectivity index (χ0) is 13.6. The van der Waals surface area contributed by atoms with Gasteiger partial charge < -0.3 is 10.1 Å². The second-order valence-corrected chi connectivity index (χ2v) is 7.08. The highest BCUT2D eigenvalue weighted by atomic mass is 32.2. The molecule has 3 N–H and O–H groups in total. The number of thioether (sulfide) groups is 1. The fraction of sp³-hybridized carbons (Fsp3) is 0.357. The molecule has 19 heavy (non-hydrogen) atoms. The minimum absolute atomic E-state index is 0.00981. The number of aliphatic carboxylic acids is 1. The summed E-state index contributed by atoms with van der Waals surface area (Å²) in [7, 11) is 0. The van der Waals surface area contributed by atoms with Gasteiger partial charge in [-0.3, -0.25) is 10.1 Å². The van der Waals surface area contributed by atoms with E-state index in [9.17, 15) is 9.90 Å². The highest BCUT2D eigenvalue weighted by Gasteiger charge is 2.45. The summed E-state index contributed by atoms with van der Waals surface area (Å²) in [6, 6.07) is 7.59. The molecule has 2 heterocycles. The quantitative estimate of drug-likeness (QED) is 0.789. The van der Waals surface area contributed by atoms with E-state index < -0.39 is 12.0 Å². The number of aromatic amines is 1. The van der Waals surface area contributed by atoms with E-state index in [0.717, 1.165) is 16.5 Å². The van der Waals surface area contributed by atoms with Crippen molar-refractivity contribution in [3.63, 3.8) is 0 Å². The van der Waals surface area contributed by atoms with Crippen LogP contribution in [0.1, 0.15) is 24.8 Å². The van der Waals surface area contributed by atoms with Crippen molar-refractivity contribution < 1.29 is 9.90 Å². The van der Waals surface area contributed by atoms with Crippen molar-refractivity contribution in [1.82, 2.24) is 10.3 Å². The van der Waals surface area contributed by atoms with Crippen LogP contribution < -0.4 is 5.32 Å². The minimum Gasteiger partial charge on any atom is -0.480 e. The van der Waals surface area contributed by atoms with Crippen LogP contribution in [0.5, 0.6) is 0 Å². The molecule has 2 aromatic rings. The van der Waals surface area contributed by atoms with Crippen LogP contribution in [-0.2, 0) is 4.79 Å². The van der Waals surface area contributed by atoms with Crippen molar-refractivity contribution in [3.05, 3.63) is 36.0 Å². The highest BCUT2D eigenvalue weighted by Crippen LogP contribution is 2.47. The van der Waals surface area contributed by atoms with Gasteiger partial charge >= 0.3 is 5.97 Å². The summed E-state index contributed by atoms with van der Waals surface area (Å²) < 4.78 is -0.324. The topological polar surface area (TPSA) is 65.1 Å². The van der Waals surface area contributed by atoms with Crippen molar-refractivity contribution in [1.29, 1.82) is 0 Å². The molecule has 0 spiro atoms. The standard InChI is InChI=1S/C14H16N2O2S/c1-14(2)11(13(17)18)16-12(19-14)9-4-3-5-10-8(9)6-7-15-10/h3-7,11-12,15-16H,1-2H3,(H,17,18)/t11-,12-/m0/s1. The maximum absolute atomic E-state index is 11.3. The number of hydrogen-bond acceptors (Lipinski definition) is 3.